The summed E-state index contributed by atoms with van der Waals surface area (Å²) < 4.78 is 33.7. The standard InChI is InChI=1S/C21H19F2NO4/c1-20(18(25)26)11-24(12-21(20,22)23)19(27)28-10-17-15-8-4-2-6-13(15)14-7-3-5-9-16(14)17/h2-9,17H,10-12H2,1H3,(H,25,26). The lowest BCUT2D eigenvalue weighted by atomic mass is 9.86. The maximum absolute atomic E-state index is 14.2. The average molecular weight is 387 g/mol. The van der Waals surface area contributed by atoms with E-state index in [0.29, 0.717) is 0 Å². The van der Waals surface area contributed by atoms with E-state index in [0.717, 1.165) is 34.1 Å². The van der Waals surface area contributed by atoms with Crippen molar-refractivity contribution >= 4 is 12.1 Å². The zero-order valence-electron chi connectivity index (χ0n) is 15.2. The van der Waals surface area contributed by atoms with Gasteiger partial charge >= 0.3 is 12.1 Å². The Bertz CT molecular complexity index is 915. The molecule has 1 unspecified atom stereocenters. The Hall–Kier alpha value is -2.96. The predicted octanol–water partition coefficient (Wildman–Crippen LogP) is 3.98. The number of carbonyl (C=O) groups is 2. The van der Waals surface area contributed by atoms with Crippen LogP contribution in [0.15, 0.2) is 48.5 Å². The van der Waals surface area contributed by atoms with E-state index >= 15 is 0 Å². The van der Waals surface area contributed by atoms with Crippen LogP contribution in [0.5, 0.6) is 0 Å². The Morgan fingerprint density at radius 1 is 1.07 bits per heavy atom. The number of hydrogen-bond donors (Lipinski definition) is 1. The molecule has 2 aromatic rings. The van der Waals surface area contributed by atoms with E-state index in [9.17, 15) is 18.4 Å². The van der Waals surface area contributed by atoms with E-state index in [2.05, 4.69) is 0 Å². The number of ether oxygens (including phenoxy) is 1. The molecule has 0 bridgehead atoms. The van der Waals surface area contributed by atoms with Gasteiger partial charge in [0.2, 0.25) is 0 Å². The van der Waals surface area contributed by atoms with Crippen LogP contribution >= 0.6 is 0 Å². The van der Waals surface area contributed by atoms with Gasteiger partial charge in [-0.25, -0.2) is 13.6 Å². The number of alkyl halides is 2. The van der Waals surface area contributed by atoms with Crippen molar-refractivity contribution in [3.63, 3.8) is 0 Å². The fourth-order valence-electron chi connectivity index (χ4n) is 4.01. The smallest absolute Gasteiger partial charge is 0.410 e. The Morgan fingerprint density at radius 3 is 2.11 bits per heavy atom. The van der Waals surface area contributed by atoms with Gasteiger partial charge in [-0.3, -0.25) is 4.79 Å². The molecule has 0 radical (unpaired) electrons. The van der Waals surface area contributed by atoms with Gasteiger partial charge in [0.05, 0.1) is 6.54 Å². The van der Waals surface area contributed by atoms with Gasteiger partial charge in [-0.2, -0.15) is 0 Å². The monoisotopic (exact) mass is 387 g/mol. The lowest BCUT2D eigenvalue weighted by Gasteiger charge is -2.24. The number of carboxylic acids is 1. The summed E-state index contributed by atoms with van der Waals surface area (Å²) >= 11 is 0. The van der Waals surface area contributed by atoms with Crippen LogP contribution in [0.3, 0.4) is 0 Å². The van der Waals surface area contributed by atoms with Gasteiger partial charge in [0.15, 0.2) is 0 Å². The van der Waals surface area contributed by atoms with Crippen molar-refractivity contribution in [3.05, 3.63) is 59.7 Å². The van der Waals surface area contributed by atoms with E-state index in [1.807, 2.05) is 48.5 Å². The van der Waals surface area contributed by atoms with Gasteiger partial charge in [0, 0.05) is 12.5 Å². The summed E-state index contributed by atoms with van der Waals surface area (Å²) in [6.45, 7) is -0.608. The first-order valence-corrected chi connectivity index (χ1v) is 8.96. The second-order valence-corrected chi connectivity index (χ2v) is 7.50. The fourth-order valence-corrected chi connectivity index (χ4v) is 4.01. The molecule has 0 aromatic heterocycles. The van der Waals surface area contributed by atoms with Gasteiger partial charge < -0.3 is 14.7 Å². The quantitative estimate of drug-likeness (QED) is 0.865. The first-order valence-electron chi connectivity index (χ1n) is 8.96. The highest BCUT2D eigenvalue weighted by molar-refractivity contribution is 5.80. The molecule has 4 rings (SSSR count). The second-order valence-electron chi connectivity index (χ2n) is 7.50. The maximum Gasteiger partial charge on any atom is 0.410 e. The van der Waals surface area contributed by atoms with E-state index in [1.54, 1.807) is 0 Å². The molecule has 1 saturated heterocycles. The Kier molecular flexibility index (Phi) is 4.14. The molecule has 7 heteroatoms. The molecule has 2 aliphatic rings. The fraction of sp³-hybridized carbons (Fsp3) is 0.333. The van der Waals surface area contributed by atoms with Gasteiger partial charge in [-0.1, -0.05) is 48.5 Å². The molecule has 1 aliphatic carbocycles. The second kappa shape index (κ2) is 6.29. The van der Waals surface area contributed by atoms with Crippen LogP contribution < -0.4 is 0 Å². The summed E-state index contributed by atoms with van der Waals surface area (Å²) in [5, 5.41) is 9.17. The van der Waals surface area contributed by atoms with Crippen molar-refractivity contribution in [2.75, 3.05) is 19.7 Å². The third kappa shape index (κ3) is 2.65. The molecule has 1 heterocycles. The highest BCUT2D eigenvalue weighted by Crippen LogP contribution is 2.46. The molecular weight excluding hydrogens is 368 g/mol. The van der Waals surface area contributed by atoms with Gasteiger partial charge in [-0.05, 0) is 29.2 Å². The minimum absolute atomic E-state index is 0.00127. The topological polar surface area (TPSA) is 66.8 Å². The lowest BCUT2D eigenvalue weighted by Crippen LogP contribution is -2.44. The van der Waals surface area contributed by atoms with E-state index in [-0.39, 0.29) is 12.5 Å². The number of aliphatic carboxylic acids is 1. The number of benzene rings is 2. The van der Waals surface area contributed by atoms with Crippen molar-refractivity contribution in [3.8, 4) is 11.1 Å². The molecule has 1 fully saturated rings. The summed E-state index contributed by atoms with van der Waals surface area (Å²) in [5.41, 5.74) is 1.83. The van der Waals surface area contributed by atoms with Crippen LogP contribution in [0.25, 0.3) is 11.1 Å². The molecule has 1 aliphatic heterocycles. The third-order valence-corrected chi connectivity index (χ3v) is 5.77. The van der Waals surface area contributed by atoms with Crippen molar-refractivity contribution < 1.29 is 28.2 Å². The summed E-state index contributed by atoms with van der Waals surface area (Å²) in [4.78, 5) is 24.5. The maximum atomic E-state index is 14.2. The number of halogens is 2. The van der Waals surface area contributed by atoms with Crippen molar-refractivity contribution in [2.45, 2.75) is 18.8 Å². The molecular formula is C21H19F2NO4. The molecule has 146 valence electrons. The largest absolute Gasteiger partial charge is 0.481 e. The van der Waals surface area contributed by atoms with Crippen molar-refractivity contribution in [1.82, 2.24) is 4.90 Å². The zero-order valence-corrected chi connectivity index (χ0v) is 15.2. The number of carboxylic acid groups (broad SMARTS) is 1. The molecule has 0 spiro atoms. The van der Waals surface area contributed by atoms with E-state index in [4.69, 9.17) is 9.84 Å². The minimum Gasteiger partial charge on any atom is -0.481 e. The van der Waals surface area contributed by atoms with Crippen LogP contribution in [0, 0.1) is 5.41 Å². The molecule has 1 atom stereocenters. The highest BCUT2D eigenvalue weighted by atomic mass is 19.3. The van der Waals surface area contributed by atoms with Gasteiger partial charge in [0.1, 0.15) is 12.0 Å². The van der Waals surface area contributed by atoms with Gasteiger partial charge in [-0.15, -0.1) is 0 Å². The normalized spacial score (nSPS) is 22.6. The van der Waals surface area contributed by atoms with Crippen LogP contribution in [0.2, 0.25) is 0 Å². The predicted molar refractivity (Wildman–Crippen MR) is 97.3 cm³/mol. The Balaban J connectivity index is 1.51. The zero-order chi connectivity index (χ0) is 20.1. The highest BCUT2D eigenvalue weighted by Gasteiger charge is 2.63. The SMILES string of the molecule is CC1(C(=O)O)CN(C(=O)OCC2c3ccccc3-c3ccccc32)CC1(F)F. The molecule has 2 aromatic carbocycles. The molecule has 5 nitrogen and oxygen atoms in total. The number of carbonyl (C=O) groups excluding carboxylic acids is 1. The van der Waals surface area contributed by atoms with Crippen molar-refractivity contribution in [1.29, 1.82) is 0 Å². The summed E-state index contributed by atoms with van der Waals surface area (Å²) in [7, 11) is 0. The molecule has 0 saturated carbocycles. The van der Waals surface area contributed by atoms with Crippen LogP contribution in [0.4, 0.5) is 13.6 Å². The minimum atomic E-state index is -3.52. The molecule has 28 heavy (non-hydrogen) atoms. The van der Waals surface area contributed by atoms with Crippen molar-refractivity contribution in [2.24, 2.45) is 5.41 Å². The summed E-state index contributed by atoms with van der Waals surface area (Å²) in [6, 6.07) is 15.6. The first kappa shape index (κ1) is 18.4. The molecule has 1 amide bonds. The Morgan fingerprint density at radius 2 is 1.61 bits per heavy atom. The van der Waals surface area contributed by atoms with Crippen LogP contribution in [-0.2, 0) is 9.53 Å². The van der Waals surface area contributed by atoms with Gasteiger partial charge in [0.25, 0.3) is 5.92 Å². The third-order valence-electron chi connectivity index (χ3n) is 5.77. The van der Waals surface area contributed by atoms with E-state index in [1.165, 1.54) is 0 Å². The Labute approximate surface area is 160 Å². The lowest BCUT2D eigenvalue weighted by molar-refractivity contribution is -0.165. The number of nitrogens with zero attached hydrogens (tertiary/aromatic N) is 1. The first-order chi connectivity index (χ1) is 13.2. The van der Waals surface area contributed by atoms with Crippen LogP contribution in [0.1, 0.15) is 24.0 Å². The summed E-state index contributed by atoms with van der Waals surface area (Å²) in [5.74, 6) is -5.35. The number of likely N-dealkylation sites (tertiary alicyclic amines) is 1. The molecule has 1 N–H and O–H groups in total. The summed E-state index contributed by atoms with van der Waals surface area (Å²) in [6.07, 6.45) is -0.925. The van der Waals surface area contributed by atoms with E-state index < -0.39 is 36.5 Å². The van der Waals surface area contributed by atoms with Crippen LogP contribution in [-0.4, -0.2) is 47.7 Å². The number of hydrogen-bond acceptors (Lipinski definition) is 3. The number of rotatable bonds is 3. The number of amides is 1. The number of fused-ring (bicyclic) bond motifs is 3. The average Bonchev–Trinajstić information content (AvgIpc) is 3.12.